The van der Waals surface area contributed by atoms with Gasteiger partial charge in [0.1, 0.15) is 28.7 Å². The second-order valence-corrected chi connectivity index (χ2v) is 12.5. The van der Waals surface area contributed by atoms with E-state index in [4.69, 9.17) is 0 Å². The van der Waals surface area contributed by atoms with Gasteiger partial charge in [0.05, 0.1) is 15.0 Å². The van der Waals surface area contributed by atoms with Crippen LogP contribution in [0.3, 0.4) is 0 Å². The van der Waals surface area contributed by atoms with Crippen LogP contribution in [0.2, 0.25) is 0 Å². The van der Waals surface area contributed by atoms with Crippen LogP contribution >= 0.6 is 46.4 Å². The lowest BCUT2D eigenvalue weighted by Gasteiger charge is -2.49. The van der Waals surface area contributed by atoms with Crippen LogP contribution in [0.1, 0.15) is 12.7 Å². The molecule has 2 N–H and O–H groups in total. The van der Waals surface area contributed by atoms with Gasteiger partial charge in [-0.15, -0.1) is 23.1 Å². The predicted octanol–water partition coefficient (Wildman–Crippen LogP) is 1.80. The van der Waals surface area contributed by atoms with E-state index in [9.17, 15) is 23.7 Å². The molecule has 0 aromatic carbocycles. The van der Waals surface area contributed by atoms with E-state index in [1.54, 1.807) is 17.5 Å². The largest absolute Gasteiger partial charge is 0.477 e. The second kappa shape index (κ2) is 10.0. The maximum absolute atomic E-state index is 12.7. The molecule has 2 amide bonds. The highest BCUT2D eigenvalue weighted by molar-refractivity contribution is 8.01. The van der Waals surface area contributed by atoms with Crippen LogP contribution in [-0.2, 0) is 31.6 Å². The number of thioether (sulfide) groups is 2. The van der Waals surface area contributed by atoms with Crippen molar-refractivity contribution in [2.45, 2.75) is 33.3 Å². The summed E-state index contributed by atoms with van der Waals surface area (Å²) in [6.45, 7) is 1.96. The van der Waals surface area contributed by atoms with E-state index in [-0.39, 0.29) is 11.4 Å². The Morgan fingerprint density at radius 1 is 1.44 bits per heavy atom. The van der Waals surface area contributed by atoms with Gasteiger partial charge in [-0.1, -0.05) is 24.8 Å². The number of carboxylic acids is 1. The molecule has 2 unspecified atom stereocenters. The third kappa shape index (κ3) is 4.78. The third-order valence-corrected chi connectivity index (χ3v) is 10.6. The lowest BCUT2D eigenvalue weighted by Crippen LogP contribution is -2.70. The van der Waals surface area contributed by atoms with Crippen molar-refractivity contribution in [3.63, 3.8) is 0 Å². The summed E-state index contributed by atoms with van der Waals surface area (Å²) in [6, 6.07) is 2.62. The van der Waals surface area contributed by atoms with Crippen molar-refractivity contribution in [2.75, 3.05) is 17.3 Å². The quantitative estimate of drug-likeness (QED) is 0.368. The average molecular weight is 531 g/mol. The number of aryl methyl sites for hydroxylation is 1. The van der Waals surface area contributed by atoms with E-state index in [1.165, 1.54) is 51.3 Å². The number of rotatable bonds is 9. The normalized spacial score (nSPS) is 21.2. The molecule has 2 aromatic heterocycles. The SMILES string of the molecule is CCc1nsc(SCC2=C(C(=O)O)N3C(=O)C(NC(=O)CS(=O)c4cccs4)[C@H]3SC2)n1. The third-order valence-electron chi connectivity index (χ3n) is 4.68. The maximum Gasteiger partial charge on any atom is 0.352 e. The highest BCUT2D eigenvalue weighted by Crippen LogP contribution is 2.41. The molecule has 0 radical (unpaired) electrons. The van der Waals surface area contributed by atoms with E-state index in [1.807, 2.05) is 6.92 Å². The minimum absolute atomic E-state index is 0.0286. The van der Waals surface area contributed by atoms with Gasteiger partial charge in [0, 0.05) is 17.9 Å². The number of fused-ring (bicyclic) bond motifs is 1. The zero-order valence-corrected chi connectivity index (χ0v) is 20.8. The fraction of sp³-hybridized carbons (Fsp3) is 0.389. The Morgan fingerprint density at radius 3 is 2.91 bits per heavy atom. The molecule has 2 aliphatic heterocycles. The molecule has 2 aromatic rings. The van der Waals surface area contributed by atoms with E-state index in [2.05, 4.69) is 14.7 Å². The highest BCUT2D eigenvalue weighted by atomic mass is 32.2. The van der Waals surface area contributed by atoms with Gasteiger partial charge < -0.3 is 10.4 Å². The minimum Gasteiger partial charge on any atom is -0.477 e. The summed E-state index contributed by atoms with van der Waals surface area (Å²) >= 11 is 5.38. The summed E-state index contributed by atoms with van der Waals surface area (Å²) in [6.07, 6.45) is 0.730. The second-order valence-electron chi connectivity index (χ2n) is 6.75. The summed E-state index contributed by atoms with van der Waals surface area (Å²) < 4.78 is 17.8. The van der Waals surface area contributed by atoms with Crippen molar-refractivity contribution in [1.82, 2.24) is 19.6 Å². The van der Waals surface area contributed by atoms with E-state index < -0.39 is 40.0 Å². The number of thiophene rings is 1. The molecule has 0 spiro atoms. The van der Waals surface area contributed by atoms with Gasteiger partial charge in [-0.05, 0) is 28.6 Å². The molecule has 0 bridgehead atoms. The molecule has 3 atom stereocenters. The first-order valence-corrected chi connectivity index (χ1v) is 14.5. The topological polar surface area (TPSA) is 130 Å². The number of hydrogen-bond acceptors (Lipinski definition) is 10. The molecule has 2 aliphatic rings. The van der Waals surface area contributed by atoms with E-state index in [0.717, 1.165) is 16.6 Å². The Bertz CT molecular complexity index is 1100. The predicted molar refractivity (Wildman–Crippen MR) is 125 cm³/mol. The van der Waals surface area contributed by atoms with Gasteiger partial charge in [0.2, 0.25) is 5.91 Å². The van der Waals surface area contributed by atoms with Gasteiger partial charge in [-0.2, -0.15) is 4.37 Å². The summed E-state index contributed by atoms with van der Waals surface area (Å²) in [5, 5.41) is 13.7. The number of nitrogens with zero attached hydrogens (tertiary/aromatic N) is 3. The first kappa shape index (κ1) is 23.4. The molecule has 0 saturated carbocycles. The van der Waals surface area contributed by atoms with Gasteiger partial charge in [-0.25, -0.2) is 9.78 Å². The van der Waals surface area contributed by atoms with Crippen LogP contribution in [0.5, 0.6) is 0 Å². The summed E-state index contributed by atoms with van der Waals surface area (Å²) in [5.74, 6) is -0.820. The molecule has 1 fully saturated rings. The van der Waals surface area contributed by atoms with Crippen LogP contribution in [0.4, 0.5) is 0 Å². The zero-order chi connectivity index (χ0) is 22.8. The van der Waals surface area contributed by atoms with Crippen molar-refractivity contribution in [1.29, 1.82) is 0 Å². The standard InChI is InChI=1S/C18H18N4O5S5/c1-2-10-19-18(31-21-10)30-7-9-6-29-16-13(15(24)22(16)14(9)17(25)26)20-11(23)8-32(27)12-4-3-5-28-12/h3-5,13,16H,2,6-8H2,1H3,(H,20,23)(H,25,26)/t13?,16-,32?/m1/s1. The molecule has 170 valence electrons. The van der Waals surface area contributed by atoms with Crippen LogP contribution in [0, 0.1) is 0 Å². The van der Waals surface area contributed by atoms with Crippen molar-refractivity contribution in [3.05, 3.63) is 34.6 Å². The lowest BCUT2D eigenvalue weighted by atomic mass is 10.0. The monoisotopic (exact) mass is 530 g/mol. The number of amides is 2. The van der Waals surface area contributed by atoms with Gasteiger partial charge >= 0.3 is 5.97 Å². The Labute approximate surface area is 202 Å². The summed E-state index contributed by atoms with van der Waals surface area (Å²) in [4.78, 5) is 42.6. The number of hydrogen-bond donors (Lipinski definition) is 2. The fourth-order valence-corrected chi connectivity index (χ4v) is 8.28. The van der Waals surface area contributed by atoms with Crippen LogP contribution in [-0.4, -0.2) is 70.0 Å². The first-order chi connectivity index (χ1) is 15.4. The Balaban J connectivity index is 1.40. The van der Waals surface area contributed by atoms with E-state index >= 15 is 0 Å². The molecular formula is C18H18N4O5S5. The number of aliphatic carboxylic acids is 1. The number of aromatic nitrogens is 2. The number of β-lactam (4-membered cyclic amide) rings is 1. The molecular weight excluding hydrogens is 513 g/mol. The van der Waals surface area contributed by atoms with E-state index in [0.29, 0.717) is 21.3 Å². The Kier molecular flexibility index (Phi) is 7.34. The average Bonchev–Trinajstić information content (AvgIpc) is 3.47. The molecule has 32 heavy (non-hydrogen) atoms. The first-order valence-electron chi connectivity index (χ1n) is 9.45. The number of carbonyl (C=O) groups is 3. The molecule has 0 aliphatic carbocycles. The van der Waals surface area contributed by atoms with Crippen molar-refractivity contribution in [2.24, 2.45) is 0 Å². The molecule has 14 heteroatoms. The van der Waals surface area contributed by atoms with Gasteiger partial charge in [0.25, 0.3) is 5.91 Å². The number of carbonyl (C=O) groups excluding carboxylic acids is 2. The lowest BCUT2D eigenvalue weighted by molar-refractivity contribution is -0.150. The molecule has 9 nitrogen and oxygen atoms in total. The smallest absolute Gasteiger partial charge is 0.352 e. The summed E-state index contributed by atoms with van der Waals surface area (Å²) in [5.41, 5.74) is 0.605. The van der Waals surface area contributed by atoms with Crippen LogP contribution in [0.25, 0.3) is 0 Å². The van der Waals surface area contributed by atoms with Gasteiger partial charge in [-0.3, -0.25) is 18.7 Å². The van der Waals surface area contributed by atoms with Gasteiger partial charge in [0.15, 0.2) is 4.34 Å². The molecule has 4 heterocycles. The van der Waals surface area contributed by atoms with Crippen LogP contribution in [0.15, 0.2) is 37.3 Å². The van der Waals surface area contributed by atoms with Crippen molar-refractivity contribution >= 4 is 75.0 Å². The minimum atomic E-state index is -1.48. The Morgan fingerprint density at radius 2 is 2.25 bits per heavy atom. The fourth-order valence-electron chi connectivity index (χ4n) is 3.18. The Hall–Kier alpha value is -1.74. The molecule has 4 rings (SSSR count). The zero-order valence-electron chi connectivity index (χ0n) is 16.7. The maximum atomic E-state index is 12.7. The van der Waals surface area contributed by atoms with Crippen molar-refractivity contribution < 1.29 is 23.7 Å². The number of nitrogens with one attached hydrogen (secondary N) is 1. The molecule has 1 saturated heterocycles. The van der Waals surface area contributed by atoms with Crippen molar-refractivity contribution in [3.8, 4) is 0 Å². The summed E-state index contributed by atoms with van der Waals surface area (Å²) in [7, 11) is -1.48. The van der Waals surface area contributed by atoms with Crippen LogP contribution < -0.4 is 5.32 Å². The highest BCUT2D eigenvalue weighted by Gasteiger charge is 2.54. The number of carboxylic acid groups (broad SMARTS) is 1.